The van der Waals surface area contributed by atoms with Gasteiger partial charge in [0.1, 0.15) is 0 Å². The minimum atomic E-state index is -0.0389. The van der Waals surface area contributed by atoms with E-state index in [2.05, 4.69) is 21.2 Å². The number of carbonyl (C=O) groups excluding carboxylic acids is 3. The molecule has 1 saturated heterocycles. The second-order valence-electron chi connectivity index (χ2n) is 6.97. The number of nitrogens with one attached hydrogen (secondary N) is 1. The molecule has 5 nitrogen and oxygen atoms in total. The van der Waals surface area contributed by atoms with E-state index in [9.17, 15) is 14.4 Å². The zero-order chi connectivity index (χ0) is 20.1. The van der Waals surface area contributed by atoms with Crippen LogP contribution in [0.15, 0.2) is 40.9 Å². The van der Waals surface area contributed by atoms with Crippen LogP contribution in [0.4, 0.5) is 0 Å². The second-order valence-corrected chi connectivity index (χ2v) is 9.17. The van der Waals surface area contributed by atoms with E-state index in [4.69, 9.17) is 0 Å². The van der Waals surface area contributed by atoms with Crippen LogP contribution >= 0.6 is 27.3 Å². The number of likely N-dealkylation sites (tertiary alicyclic amines) is 1. The van der Waals surface area contributed by atoms with Crippen molar-refractivity contribution in [2.24, 2.45) is 0 Å². The average molecular weight is 463 g/mol. The summed E-state index contributed by atoms with van der Waals surface area (Å²) in [4.78, 5) is 40.5. The number of rotatable bonds is 6. The van der Waals surface area contributed by atoms with Crippen molar-refractivity contribution >= 4 is 44.9 Å². The summed E-state index contributed by atoms with van der Waals surface area (Å²) in [5.74, 6) is -0.0543. The van der Waals surface area contributed by atoms with E-state index in [1.165, 1.54) is 11.3 Å². The number of carbonyl (C=O) groups is 3. The first kappa shape index (κ1) is 20.7. The molecule has 0 bridgehead atoms. The van der Waals surface area contributed by atoms with Crippen molar-refractivity contribution in [1.82, 2.24) is 10.2 Å². The van der Waals surface area contributed by atoms with Crippen molar-refractivity contribution in [3.63, 3.8) is 0 Å². The molecule has 1 aromatic heterocycles. The summed E-state index contributed by atoms with van der Waals surface area (Å²) in [6, 6.07) is 11.0. The van der Waals surface area contributed by atoms with Crippen LogP contribution in [-0.4, -0.2) is 41.6 Å². The predicted molar refractivity (Wildman–Crippen MR) is 114 cm³/mol. The smallest absolute Gasteiger partial charge is 0.261 e. The van der Waals surface area contributed by atoms with Crippen molar-refractivity contribution in [3.8, 4) is 0 Å². The number of aryl methyl sites for hydroxylation is 1. The molecule has 2 aromatic rings. The van der Waals surface area contributed by atoms with Crippen LogP contribution in [0.3, 0.4) is 0 Å². The number of amides is 2. The molecule has 1 aliphatic heterocycles. The molecule has 0 atom stereocenters. The lowest BCUT2D eigenvalue weighted by atomic mass is 10.0. The number of halogens is 1. The number of hydrogen-bond donors (Lipinski definition) is 1. The van der Waals surface area contributed by atoms with Gasteiger partial charge in [-0.05, 0) is 44.0 Å². The summed E-state index contributed by atoms with van der Waals surface area (Å²) in [6.07, 6.45) is 1.92. The molecule has 0 saturated carbocycles. The summed E-state index contributed by atoms with van der Waals surface area (Å²) in [7, 11) is 0. The maximum Gasteiger partial charge on any atom is 0.261 e. The van der Waals surface area contributed by atoms with Gasteiger partial charge in [0, 0.05) is 46.9 Å². The largest absolute Gasteiger partial charge is 0.348 e. The summed E-state index contributed by atoms with van der Waals surface area (Å²) in [5, 5.41) is 3.06. The van der Waals surface area contributed by atoms with Crippen LogP contribution in [-0.2, 0) is 4.79 Å². The molecule has 1 N–H and O–H groups in total. The van der Waals surface area contributed by atoms with Gasteiger partial charge in [0.25, 0.3) is 5.91 Å². The molecule has 2 amide bonds. The van der Waals surface area contributed by atoms with Gasteiger partial charge in [-0.15, -0.1) is 11.3 Å². The summed E-state index contributed by atoms with van der Waals surface area (Å²) in [5.41, 5.74) is 0.626. The molecule has 1 aliphatic rings. The Hall–Kier alpha value is -1.99. The van der Waals surface area contributed by atoms with Gasteiger partial charge >= 0.3 is 0 Å². The van der Waals surface area contributed by atoms with Crippen LogP contribution in [0, 0.1) is 6.92 Å². The zero-order valence-electron chi connectivity index (χ0n) is 15.7. The Kier molecular flexibility index (Phi) is 7.02. The fraction of sp³-hybridized carbons (Fsp3) is 0.381. The third-order valence-corrected chi connectivity index (χ3v) is 6.41. The third kappa shape index (κ3) is 5.52. The monoisotopic (exact) mass is 462 g/mol. The topological polar surface area (TPSA) is 66.5 Å². The average Bonchev–Trinajstić information content (AvgIpc) is 3.13. The number of nitrogens with zero attached hydrogens (tertiary/aromatic N) is 1. The molecule has 1 fully saturated rings. The molecule has 28 heavy (non-hydrogen) atoms. The normalized spacial score (nSPS) is 14.7. The van der Waals surface area contributed by atoms with Crippen LogP contribution in [0.2, 0.25) is 0 Å². The Balaban J connectivity index is 1.41. The first-order valence-electron chi connectivity index (χ1n) is 9.36. The second kappa shape index (κ2) is 9.47. The quantitative estimate of drug-likeness (QED) is 0.653. The number of thiophene rings is 1. The van der Waals surface area contributed by atoms with Gasteiger partial charge < -0.3 is 10.2 Å². The van der Waals surface area contributed by atoms with E-state index in [0.717, 1.165) is 27.1 Å². The Morgan fingerprint density at radius 3 is 2.36 bits per heavy atom. The van der Waals surface area contributed by atoms with Gasteiger partial charge in [0.15, 0.2) is 5.78 Å². The van der Waals surface area contributed by atoms with Gasteiger partial charge in [-0.2, -0.15) is 0 Å². The van der Waals surface area contributed by atoms with Crippen molar-refractivity contribution in [1.29, 1.82) is 0 Å². The lowest BCUT2D eigenvalue weighted by Gasteiger charge is -2.32. The predicted octanol–water partition coefficient (Wildman–Crippen LogP) is 4.20. The third-order valence-electron chi connectivity index (χ3n) is 4.88. The standard InChI is InChI=1S/C21H23BrN2O3S/c1-14-2-8-19(28-14)21(27)23-17-10-12-24(13-11-17)20(26)9-7-18(25)15-3-5-16(22)6-4-15/h2-6,8,17H,7,9-13H2,1H3,(H,23,27). The fourth-order valence-electron chi connectivity index (χ4n) is 3.25. The van der Waals surface area contributed by atoms with Gasteiger partial charge in [-0.1, -0.05) is 28.1 Å². The SMILES string of the molecule is Cc1ccc(C(=O)NC2CCN(C(=O)CCC(=O)c3ccc(Br)cc3)CC2)s1. The maximum absolute atomic E-state index is 12.4. The summed E-state index contributed by atoms with van der Waals surface area (Å²) >= 11 is 4.83. The number of benzene rings is 1. The molecule has 0 aliphatic carbocycles. The first-order valence-corrected chi connectivity index (χ1v) is 11.0. The van der Waals surface area contributed by atoms with Crippen molar-refractivity contribution in [3.05, 3.63) is 56.2 Å². The fourth-order valence-corrected chi connectivity index (χ4v) is 4.28. The van der Waals surface area contributed by atoms with E-state index >= 15 is 0 Å². The number of ketones is 1. The molecule has 3 rings (SSSR count). The number of Topliss-reactive ketones (excluding diaryl/α,β-unsaturated/α-hetero) is 1. The van der Waals surface area contributed by atoms with Crippen molar-refractivity contribution in [2.75, 3.05) is 13.1 Å². The molecule has 0 unspecified atom stereocenters. The molecule has 2 heterocycles. The number of piperidine rings is 1. The minimum Gasteiger partial charge on any atom is -0.348 e. The van der Waals surface area contributed by atoms with Gasteiger partial charge in [-0.25, -0.2) is 0 Å². The number of hydrogen-bond acceptors (Lipinski definition) is 4. The molecular weight excluding hydrogens is 440 g/mol. The minimum absolute atomic E-state index is 0.00381. The van der Waals surface area contributed by atoms with Gasteiger partial charge in [0.2, 0.25) is 5.91 Å². The Bertz CT molecular complexity index is 855. The Labute approximate surface area is 177 Å². The molecular formula is C21H23BrN2O3S. The van der Waals surface area contributed by atoms with E-state index in [-0.39, 0.29) is 36.5 Å². The van der Waals surface area contributed by atoms with E-state index in [0.29, 0.717) is 18.7 Å². The molecule has 7 heteroatoms. The highest BCUT2D eigenvalue weighted by atomic mass is 79.9. The van der Waals surface area contributed by atoms with E-state index in [1.54, 1.807) is 17.0 Å². The molecule has 148 valence electrons. The highest BCUT2D eigenvalue weighted by molar-refractivity contribution is 9.10. The Morgan fingerprint density at radius 1 is 1.07 bits per heavy atom. The van der Waals surface area contributed by atoms with E-state index in [1.807, 2.05) is 31.2 Å². The first-order chi connectivity index (χ1) is 13.4. The van der Waals surface area contributed by atoms with Crippen LogP contribution < -0.4 is 5.32 Å². The lowest BCUT2D eigenvalue weighted by Crippen LogP contribution is -2.46. The molecule has 1 aromatic carbocycles. The Morgan fingerprint density at radius 2 is 1.75 bits per heavy atom. The molecule has 0 spiro atoms. The summed E-state index contributed by atoms with van der Waals surface area (Å²) < 4.78 is 0.921. The van der Waals surface area contributed by atoms with Gasteiger partial charge in [-0.3, -0.25) is 14.4 Å². The highest BCUT2D eigenvalue weighted by Crippen LogP contribution is 2.18. The van der Waals surface area contributed by atoms with E-state index < -0.39 is 0 Å². The van der Waals surface area contributed by atoms with Gasteiger partial charge in [0.05, 0.1) is 4.88 Å². The van der Waals surface area contributed by atoms with Crippen LogP contribution in [0.5, 0.6) is 0 Å². The van der Waals surface area contributed by atoms with Crippen molar-refractivity contribution < 1.29 is 14.4 Å². The van der Waals surface area contributed by atoms with Crippen molar-refractivity contribution in [2.45, 2.75) is 38.6 Å². The van der Waals surface area contributed by atoms with Crippen LogP contribution in [0.25, 0.3) is 0 Å². The lowest BCUT2D eigenvalue weighted by molar-refractivity contribution is -0.132. The molecule has 0 radical (unpaired) electrons. The van der Waals surface area contributed by atoms with Crippen LogP contribution in [0.1, 0.15) is 50.6 Å². The summed E-state index contributed by atoms with van der Waals surface area (Å²) in [6.45, 7) is 3.20. The maximum atomic E-state index is 12.4. The highest BCUT2D eigenvalue weighted by Gasteiger charge is 2.24. The zero-order valence-corrected chi connectivity index (χ0v) is 18.1.